The van der Waals surface area contributed by atoms with Gasteiger partial charge in [0, 0.05) is 24.8 Å². The van der Waals surface area contributed by atoms with Crippen LogP contribution in [-0.2, 0) is 4.79 Å². The summed E-state index contributed by atoms with van der Waals surface area (Å²) in [6.07, 6.45) is 14.8. The van der Waals surface area contributed by atoms with Gasteiger partial charge in [0.2, 0.25) is 5.91 Å². The van der Waals surface area contributed by atoms with Gasteiger partial charge in [-0.1, -0.05) is 43.7 Å². The molecule has 7 nitrogen and oxygen atoms in total. The van der Waals surface area contributed by atoms with Crippen molar-refractivity contribution in [2.24, 2.45) is 11.8 Å². The van der Waals surface area contributed by atoms with E-state index in [0.29, 0.717) is 28.6 Å². The van der Waals surface area contributed by atoms with Gasteiger partial charge in [-0.05, 0) is 37.8 Å². The highest BCUT2D eigenvalue weighted by Crippen LogP contribution is 2.29. The highest BCUT2D eigenvalue weighted by Gasteiger charge is 2.21. The third-order valence-corrected chi connectivity index (χ3v) is 6.57. The fraction of sp³-hybridized carbons (Fsp3) is 0.565. The summed E-state index contributed by atoms with van der Waals surface area (Å²) >= 11 is 6.40. The number of halogens is 1. The van der Waals surface area contributed by atoms with Crippen molar-refractivity contribution in [1.82, 2.24) is 20.3 Å². The number of carbonyl (C=O) groups excluding carboxylic acids is 1. The number of piperidine rings is 1. The van der Waals surface area contributed by atoms with E-state index in [4.69, 9.17) is 11.6 Å². The van der Waals surface area contributed by atoms with Crippen molar-refractivity contribution in [3.8, 4) is 11.3 Å². The molecule has 2 fully saturated rings. The molecule has 2 aromatic heterocycles. The van der Waals surface area contributed by atoms with E-state index in [9.17, 15) is 4.79 Å². The second-order valence-electron chi connectivity index (χ2n) is 8.59. The summed E-state index contributed by atoms with van der Waals surface area (Å²) in [5.74, 6) is 1.98. The fourth-order valence-corrected chi connectivity index (χ4v) is 4.67. The number of carbonyl (C=O) groups is 1. The molecule has 1 saturated carbocycles. The normalized spacial score (nSPS) is 19.7. The number of amides is 1. The van der Waals surface area contributed by atoms with E-state index in [-0.39, 0.29) is 11.8 Å². The van der Waals surface area contributed by atoms with Crippen LogP contribution in [0.15, 0.2) is 24.7 Å². The quantitative estimate of drug-likeness (QED) is 0.584. The molecule has 1 atom stereocenters. The van der Waals surface area contributed by atoms with Gasteiger partial charge in [0.1, 0.15) is 11.6 Å². The topological polar surface area (TPSA) is 91.8 Å². The molecule has 31 heavy (non-hydrogen) atoms. The number of hydrogen-bond acceptors (Lipinski definition) is 6. The summed E-state index contributed by atoms with van der Waals surface area (Å²) in [6.45, 7) is 2.56. The lowest BCUT2D eigenvalue weighted by molar-refractivity contribution is -0.120. The van der Waals surface area contributed by atoms with E-state index < -0.39 is 0 Å². The first-order valence-corrected chi connectivity index (χ1v) is 11.8. The Kier molecular flexibility index (Phi) is 7.70. The summed E-state index contributed by atoms with van der Waals surface area (Å²) in [6, 6.07) is 1.77. The standard InChI is InChI=1S/C23H31ClN6O/c24-19-13-28-21(30-23(31)17-7-4-9-25-12-17)11-18(19)20-14-26-15-22(29-20)27-10-8-16-5-2-1-3-6-16/h11,13-17,25H,1-10,12H2,(H,27,29)(H,28,30,31)/t17-/m1/s1. The number of hydrogen-bond donors (Lipinski definition) is 3. The van der Waals surface area contributed by atoms with Crippen molar-refractivity contribution in [2.45, 2.75) is 51.4 Å². The summed E-state index contributed by atoms with van der Waals surface area (Å²) in [4.78, 5) is 25.8. The number of aromatic nitrogens is 3. The van der Waals surface area contributed by atoms with Gasteiger partial charge in [-0.25, -0.2) is 9.97 Å². The van der Waals surface area contributed by atoms with Gasteiger partial charge in [-0.3, -0.25) is 9.78 Å². The van der Waals surface area contributed by atoms with Gasteiger partial charge in [0.15, 0.2) is 0 Å². The fourth-order valence-electron chi connectivity index (χ4n) is 4.47. The lowest BCUT2D eigenvalue weighted by Gasteiger charge is -2.21. The van der Waals surface area contributed by atoms with E-state index >= 15 is 0 Å². The Morgan fingerprint density at radius 1 is 1.10 bits per heavy atom. The number of nitrogens with one attached hydrogen (secondary N) is 3. The lowest BCUT2D eigenvalue weighted by Crippen LogP contribution is -2.37. The summed E-state index contributed by atoms with van der Waals surface area (Å²) < 4.78 is 0. The maximum Gasteiger partial charge on any atom is 0.229 e. The number of rotatable bonds is 7. The zero-order chi connectivity index (χ0) is 21.5. The molecule has 0 spiro atoms. The molecule has 1 aliphatic heterocycles. The first-order valence-electron chi connectivity index (χ1n) is 11.4. The SMILES string of the molecule is O=C(Nc1cc(-c2cncc(NCCC3CCCCC3)n2)c(Cl)cn1)[C@@H]1CCCNC1. The Balaban J connectivity index is 1.40. The highest BCUT2D eigenvalue weighted by atomic mass is 35.5. The predicted molar refractivity (Wildman–Crippen MR) is 124 cm³/mol. The highest BCUT2D eigenvalue weighted by molar-refractivity contribution is 6.33. The minimum Gasteiger partial charge on any atom is -0.369 e. The van der Waals surface area contributed by atoms with Gasteiger partial charge in [0.25, 0.3) is 0 Å². The summed E-state index contributed by atoms with van der Waals surface area (Å²) in [5.41, 5.74) is 1.36. The molecule has 1 amide bonds. The molecular formula is C23H31ClN6O. The molecule has 0 aromatic carbocycles. The maximum absolute atomic E-state index is 12.5. The van der Waals surface area contributed by atoms with E-state index in [2.05, 4.69) is 30.9 Å². The monoisotopic (exact) mass is 442 g/mol. The third-order valence-electron chi connectivity index (χ3n) is 6.27. The predicted octanol–water partition coefficient (Wildman–Crippen LogP) is 4.51. The van der Waals surface area contributed by atoms with Crippen molar-refractivity contribution in [3.05, 3.63) is 29.7 Å². The first kappa shape index (κ1) is 22.0. The van der Waals surface area contributed by atoms with E-state index in [1.54, 1.807) is 24.7 Å². The van der Waals surface area contributed by atoms with Crippen LogP contribution >= 0.6 is 11.6 Å². The second kappa shape index (κ2) is 10.9. The Morgan fingerprint density at radius 2 is 1.97 bits per heavy atom. The molecule has 1 saturated heterocycles. The lowest BCUT2D eigenvalue weighted by atomic mass is 9.87. The van der Waals surface area contributed by atoms with E-state index in [1.807, 2.05) is 0 Å². The minimum atomic E-state index is -0.0360. The van der Waals surface area contributed by atoms with Crippen molar-refractivity contribution < 1.29 is 4.79 Å². The molecule has 0 bridgehead atoms. The largest absolute Gasteiger partial charge is 0.369 e. The number of anilines is 2. The van der Waals surface area contributed by atoms with Crippen molar-refractivity contribution in [3.63, 3.8) is 0 Å². The minimum absolute atomic E-state index is 0.0165. The second-order valence-corrected chi connectivity index (χ2v) is 9.00. The van der Waals surface area contributed by atoms with Crippen molar-refractivity contribution >= 4 is 29.1 Å². The van der Waals surface area contributed by atoms with Crippen LogP contribution in [0.25, 0.3) is 11.3 Å². The van der Waals surface area contributed by atoms with Crippen LogP contribution in [0.4, 0.5) is 11.6 Å². The van der Waals surface area contributed by atoms with Gasteiger partial charge in [-0.15, -0.1) is 0 Å². The molecule has 2 aromatic rings. The van der Waals surface area contributed by atoms with Crippen LogP contribution in [0.2, 0.25) is 5.02 Å². The average molecular weight is 443 g/mol. The van der Waals surface area contributed by atoms with Gasteiger partial charge in [0.05, 0.1) is 29.0 Å². The first-order chi connectivity index (χ1) is 15.2. The molecule has 8 heteroatoms. The van der Waals surface area contributed by atoms with Crippen LogP contribution in [0.5, 0.6) is 0 Å². The van der Waals surface area contributed by atoms with Gasteiger partial charge in [-0.2, -0.15) is 0 Å². The van der Waals surface area contributed by atoms with E-state index in [0.717, 1.165) is 44.1 Å². The molecule has 1 aliphatic carbocycles. The van der Waals surface area contributed by atoms with Crippen LogP contribution in [0.1, 0.15) is 51.4 Å². The maximum atomic E-state index is 12.5. The Morgan fingerprint density at radius 3 is 2.77 bits per heavy atom. The molecule has 0 unspecified atom stereocenters. The molecule has 166 valence electrons. The number of pyridine rings is 1. The summed E-state index contributed by atoms with van der Waals surface area (Å²) in [7, 11) is 0. The van der Waals surface area contributed by atoms with Crippen LogP contribution in [0, 0.1) is 11.8 Å². The molecule has 3 N–H and O–H groups in total. The molecule has 0 radical (unpaired) electrons. The van der Waals surface area contributed by atoms with Crippen molar-refractivity contribution in [2.75, 3.05) is 30.3 Å². The van der Waals surface area contributed by atoms with Crippen LogP contribution in [0.3, 0.4) is 0 Å². The third kappa shape index (κ3) is 6.14. The van der Waals surface area contributed by atoms with Crippen LogP contribution in [-0.4, -0.2) is 40.5 Å². The van der Waals surface area contributed by atoms with Crippen LogP contribution < -0.4 is 16.0 Å². The van der Waals surface area contributed by atoms with Gasteiger partial charge >= 0.3 is 0 Å². The molecular weight excluding hydrogens is 412 g/mol. The van der Waals surface area contributed by atoms with Crippen molar-refractivity contribution in [1.29, 1.82) is 0 Å². The Hall–Kier alpha value is -2.25. The zero-order valence-corrected chi connectivity index (χ0v) is 18.6. The Bertz CT molecular complexity index is 880. The van der Waals surface area contributed by atoms with Gasteiger partial charge < -0.3 is 16.0 Å². The smallest absolute Gasteiger partial charge is 0.229 e. The molecule has 4 rings (SSSR count). The number of nitrogens with zero attached hydrogens (tertiary/aromatic N) is 3. The molecule has 3 heterocycles. The molecule has 2 aliphatic rings. The Labute approximate surface area is 188 Å². The average Bonchev–Trinajstić information content (AvgIpc) is 2.82. The zero-order valence-electron chi connectivity index (χ0n) is 17.9. The summed E-state index contributed by atoms with van der Waals surface area (Å²) in [5, 5.41) is 10.1. The van der Waals surface area contributed by atoms with E-state index in [1.165, 1.54) is 32.1 Å².